The van der Waals surface area contributed by atoms with Crippen molar-refractivity contribution in [3.63, 3.8) is 0 Å². The molecule has 1 aliphatic carbocycles. The van der Waals surface area contributed by atoms with E-state index in [9.17, 15) is 0 Å². The fourth-order valence-corrected chi connectivity index (χ4v) is 1.42. The molecule has 1 fully saturated rings. The number of nitrogens with zero attached hydrogens (tertiary/aromatic N) is 1. The zero-order valence-electron chi connectivity index (χ0n) is 7.54. The zero-order valence-corrected chi connectivity index (χ0v) is 7.54. The molecule has 0 aromatic heterocycles. The summed E-state index contributed by atoms with van der Waals surface area (Å²) >= 11 is 0. The monoisotopic (exact) mass is 167 g/mol. The molecule has 0 saturated heterocycles. The van der Waals surface area contributed by atoms with Gasteiger partial charge in [-0.3, -0.25) is 0 Å². The molecule has 2 nitrogen and oxygen atoms in total. The smallest absolute Gasteiger partial charge is 0.120 e. The molecule has 0 N–H and O–H groups in total. The van der Waals surface area contributed by atoms with Gasteiger partial charge in [0.1, 0.15) is 6.61 Å². The van der Waals surface area contributed by atoms with Crippen molar-refractivity contribution >= 4 is 6.21 Å². The summed E-state index contributed by atoms with van der Waals surface area (Å²) in [7, 11) is 0. The van der Waals surface area contributed by atoms with Gasteiger partial charge in [0.15, 0.2) is 0 Å². The highest BCUT2D eigenvalue weighted by Gasteiger charge is 2.11. The topological polar surface area (TPSA) is 21.6 Å². The molecule has 0 radical (unpaired) electrons. The van der Waals surface area contributed by atoms with Gasteiger partial charge in [-0.15, -0.1) is 6.58 Å². The summed E-state index contributed by atoms with van der Waals surface area (Å²) < 4.78 is 0. The average Bonchev–Trinajstić information content (AvgIpc) is 2.57. The van der Waals surface area contributed by atoms with Gasteiger partial charge < -0.3 is 4.84 Å². The van der Waals surface area contributed by atoms with Gasteiger partial charge in [0.05, 0.1) is 0 Å². The van der Waals surface area contributed by atoms with E-state index < -0.39 is 0 Å². The molecule has 0 bridgehead atoms. The second kappa shape index (κ2) is 5.81. The predicted octanol–water partition coefficient (Wildman–Crippen LogP) is 2.76. The van der Waals surface area contributed by atoms with Crippen LogP contribution >= 0.6 is 0 Å². The van der Waals surface area contributed by atoms with Crippen LogP contribution in [0.4, 0.5) is 0 Å². The first-order chi connectivity index (χ1) is 5.93. The highest BCUT2D eigenvalue weighted by molar-refractivity contribution is 5.60. The van der Waals surface area contributed by atoms with Crippen LogP contribution in [0.5, 0.6) is 0 Å². The summed E-state index contributed by atoms with van der Waals surface area (Å²) in [5.74, 6) is 0.675. The first kappa shape index (κ1) is 9.30. The second-order valence-electron chi connectivity index (χ2n) is 3.21. The average molecular weight is 167 g/mol. The molecule has 0 amide bonds. The maximum Gasteiger partial charge on any atom is 0.120 e. The van der Waals surface area contributed by atoms with Gasteiger partial charge in [-0.2, -0.15) is 0 Å². The van der Waals surface area contributed by atoms with Crippen LogP contribution in [0.3, 0.4) is 0 Å². The SMILES string of the molecule is C=CCCON=CC1CCCC1. The fraction of sp³-hybridized carbons (Fsp3) is 0.700. The minimum absolute atomic E-state index is 0.659. The molecule has 0 aliphatic heterocycles. The van der Waals surface area contributed by atoms with Crippen LogP contribution in [0.15, 0.2) is 17.8 Å². The van der Waals surface area contributed by atoms with E-state index in [2.05, 4.69) is 11.7 Å². The molecule has 0 aromatic rings. The van der Waals surface area contributed by atoms with E-state index >= 15 is 0 Å². The molecule has 0 heterocycles. The van der Waals surface area contributed by atoms with E-state index in [1.165, 1.54) is 25.7 Å². The van der Waals surface area contributed by atoms with Crippen molar-refractivity contribution in [1.82, 2.24) is 0 Å². The van der Waals surface area contributed by atoms with Gasteiger partial charge in [0.25, 0.3) is 0 Å². The molecule has 2 heteroatoms. The van der Waals surface area contributed by atoms with Crippen LogP contribution in [-0.2, 0) is 4.84 Å². The Morgan fingerprint density at radius 1 is 1.42 bits per heavy atom. The molecule has 0 spiro atoms. The molecule has 0 unspecified atom stereocenters. The van der Waals surface area contributed by atoms with E-state index in [-0.39, 0.29) is 0 Å². The minimum atomic E-state index is 0.659. The van der Waals surface area contributed by atoms with E-state index in [4.69, 9.17) is 4.84 Å². The lowest BCUT2D eigenvalue weighted by atomic mass is 10.1. The summed E-state index contributed by atoms with van der Waals surface area (Å²) in [6.45, 7) is 4.26. The van der Waals surface area contributed by atoms with E-state index in [1.54, 1.807) is 0 Å². The fourth-order valence-electron chi connectivity index (χ4n) is 1.42. The van der Waals surface area contributed by atoms with Crippen molar-refractivity contribution in [3.8, 4) is 0 Å². The molecular formula is C10H17NO. The summed E-state index contributed by atoms with van der Waals surface area (Å²) in [5.41, 5.74) is 0. The first-order valence-electron chi connectivity index (χ1n) is 4.70. The van der Waals surface area contributed by atoms with Gasteiger partial charge in [-0.1, -0.05) is 24.1 Å². The lowest BCUT2D eigenvalue weighted by molar-refractivity contribution is 0.149. The Bertz CT molecular complexity index is 148. The zero-order chi connectivity index (χ0) is 8.65. The van der Waals surface area contributed by atoms with Gasteiger partial charge >= 0.3 is 0 Å². The van der Waals surface area contributed by atoms with E-state index in [1.807, 2.05) is 12.3 Å². The number of hydrogen-bond donors (Lipinski definition) is 0. The quantitative estimate of drug-likeness (QED) is 0.267. The third-order valence-electron chi connectivity index (χ3n) is 2.16. The molecule has 0 atom stereocenters. The molecule has 68 valence electrons. The third-order valence-corrected chi connectivity index (χ3v) is 2.16. The van der Waals surface area contributed by atoms with Crippen LogP contribution in [0.2, 0.25) is 0 Å². The Morgan fingerprint density at radius 2 is 2.17 bits per heavy atom. The first-order valence-corrected chi connectivity index (χ1v) is 4.70. The summed E-state index contributed by atoms with van der Waals surface area (Å²) in [5, 5.41) is 3.92. The summed E-state index contributed by atoms with van der Waals surface area (Å²) in [4.78, 5) is 5.03. The maximum absolute atomic E-state index is 5.03. The van der Waals surface area contributed by atoms with Crippen molar-refractivity contribution < 1.29 is 4.84 Å². The molecule has 1 aliphatic rings. The van der Waals surface area contributed by atoms with Gasteiger partial charge in [-0.05, 0) is 18.8 Å². The van der Waals surface area contributed by atoms with E-state index in [0.717, 1.165) is 6.42 Å². The van der Waals surface area contributed by atoms with Gasteiger partial charge in [-0.25, -0.2) is 0 Å². The molecule has 1 rings (SSSR count). The van der Waals surface area contributed by atoms with Gasteiger partial charge in [0, 0.05) is 12.6 Å². The Hall–Kier alpha value is -0.790. The summed E-state index contributed by atoms with van der Waals surface area (Å²) in [6, 6.07) is 0. The Kier molecular flexibility index (Phi) is 4.50. The van der Waals surface area contributed by atoms with Crippen LogP contribution in [0, 0.1) is 5.92 Å². The predicted molar refractivity (Wildman–Crippen MR) is 51.2 cm³/mol. The molecule has 12 heavy (non-hydrogen) atoms. The van der Waals surface area contributed by atoms with Crippen LogP contribution in [-0.4, -0.2) is 12.8 Å². The lowest BCUT2D eigenvalue weighted by Crippen LogP contribution is -1.95. The lowest BCUT2D eigenvalue weighted by Gasteiger charge is -1.99. The molecular weight excluding hydrogens is 150 g/mol. The highest BCUT2D eigenvalue weighted by Crippen LogP contribution is 2.22. The van der Waals surface area contributed by atoms with Crippen LogP contribution in [0.1, 0.15) is 32.1 Å². The van der Waals surface area contributed by atoms with Crippen molar-refractivity contribution in [2.75, 3.05) is 6.61 Å². The molecule has 1 saturated carbocycles. The van der Waals surface area contributed by atoms with Crippen molar-refractivity contribution in [2.24, 2.45) is 11.1 Å². The number of hydrogen-bond acceptors (Lipinski definition) is 2. The molecule has 0 aromatic carbocycles. The van der Waals surface area contributed by atoms with Crippen molar-refractivity contribution in [2.45, 2.75) is 32.1 Å². The van der Waals surface area contributed by atoms with E-state index in [0.29, 0.717) is 12.5 Å². The highest BCUT2D eigenvalue weighted by atomic mass is 16.6. The van der Waals surface area contributed by atoms with Crippen LogP contribution < -0.4 is 0 Å². The summed E-state index contributed by atoms with van der Waals surface area (Å²) in [6.07, 6.45) is 9.94. The normalized spacial score (nSPS) is 18.7. The van der Waals surface area contributed by atoms with Crippen molar-refractivity contribution in [1.29, 1.82) is 0 Å². The minimum Gasteiger partial charge on any atom is -0.396 e. The Labute approximate surface area is 74.3 Å². The Morgan fingerprint density at radius 3 is 2.83 bits per heavy atom. The Balaban J connectivity index is 2.00. The largest absolute Gasteiger partial charge is 0.396 e. The maximum atomic E-state index is 5.03. The third kappa shape index (κ3) is 3.56. The second-order valence-corrected chi connectivity index (χ2v) is 3.21. The van der Waals surface area contributed by atoms with Gasteiger partial charge in [0.2, 0.25) is 0 Å². The standard InChI is InChI=1S/C10H17NO/c1-2-3-8-12-11-9-10-6-4-5-7-10/h2,9-10H,1,3-8H2. The van der Waals surface area contributed by atoms with Crippen LogP contribution in [0.25, 0.3) is 0 Å². The number of rotatable bonds is 5. The number of oxime groups is 1. The van der Waals surface area contributed by atoms with Crippen molar-refractivity contribution in [3.05, 3.63) is 12.7 Å².